The van der Waals surface area contributed by atoms with E-state index in [4.69, 9.17) is 4.55 Å². The molecule has 0 fully saturated rings. The molecule has 0 amide bonds. The number of Topliss-reactive ketones (excluding diaryl/α,β-unsaturated/α-hetero) is 1. The lowest BCUT2D eigenvalue weighted by molar-refractivity contribution is -0.116. The first-order chi connectivity index (χ1) is 4.95. The van der Waals surface area contributed by atoms with Crippen molar-refractivity contribution < 1.29 is 17.8 Å². The molecule has 0 saturated heterocycles. The summed E-state index contributed by atoms with van der Waals surface area (Å²) in [6.45, 7) is 1.90. The van der Waals surface area contributed by atoms with Gasteiger partial charge in [0.25, 0.3) is 10.1 Å². The van der Waals surface area contributed by atoms with Crippen LogP contribution in [-0.2, 0) is 14.9 Å². The molecule has 0 aliphatic rings. The highest BCUT2D eigenvalue weighted by Crippen LogP contribution is 1.96. The Morgan fingerprint density at radius 2 is 2.00 bits per heavy atom. The van der Waals surface area contributed by atoms with Crippen molar-refractivity contribution in [1.82, 2.24) is 0 Å². The fraction of sp³-hybridized carbons (Fsp3) is 0.833. The summed E-state index contributed by atoms with van der Waals surface area (Å²) in [7, 11) is -4.10. The van der Waals surface area contributed by atoms with Gasteiger partial charge in [0, 0.05) is 6.42 Å². The summed E-state index contributed by atoms with van der Waals surface area (Å²) in [4.78, 5) is 10.7. The lowest BCUT2D eigenvalue weighted by Crippen LogP contribution is -2.14. The first kappa shape index (κ1) is 10.6. The maximum Gasteiger partial charge on any atom is 0.272 e. The van der Waals surface area contributed by atoms with Crippen LogP contribution in [0.3, 0.4) is 0 Å². The van der Waals surface area contributed by atoms with Crippen molar-refractivity contribution in [1.29, 1.82) is 0 Å². The van der Waals surface area contributed by atoms with Gasteiger partial charge in [-0.2, -0.15) is 8.42 Å². The van der Waals surface area contributed by atoms with Crippen LogP contribution in [-0.4, -0.2) is 24.5 Å². The van der Waals surface area contributed by atoms with Crippen LogP contribution in [0.15, 0.2) is 0 Å². The summed E-state index contributed by atoms with van der Waals surface area (Å²) >= 11 is 0. The third-order valence-corrected chi connectivity index (χ3v) is 1.84. The van der Waals surface area contributed by atoms with Gasteiger partial charge in [0.2, 0.25) is 0 Å². The highest BCUT2D eigenvalue weighted by atomic mass is 32.2. The van der Waals surface area contributed by atoms with E-state index >= 15 is 0 Å². The zero-order valence-corrected chi connectivity index (χ0v) is 7.23. The minimum atomic E-state index is -4.10. The number of hydrogen-bond acceptors (Lipinski definition) is 3. The van der Waals surface area contributed by atoms with E-state index in [0.29, 0.717) is 6.42 Å². The number of hydrogen-bond donors (Lipinski definition) is 1. The van der Waals surface area contributed by atoms with Crippen LogP contribution in [0, 0.1) is 0 Å². The maximum absolute atomic E-state index is 10.7. The summed E-state index contributed by atoms with van der Waals surface area (Å²) in [5.74, 6) is -1.16. The highest BCUT2D eigenvalue weighted by molar-refractivity contribution is 7.86. The molecule has 0 atom stereocenters. The highest BCUT2D eigenvalue weighted by Gasteiger charge is 2.11. The molecule has 0 radical (unpaired) electrons. The molecule has 1 N–H and O–H groups in total. The molecular formula is C6H12O4S. The third kappa shape index (κ3) is 7.48. The minimum absolute atomic E-state index is 0.232. The number of unbranched alkanes of at least 4 members (excludes halogenated alkanes) is 1. The fourth-order valence-corrected chi connectivity index (χ4v) is 1.20. The topological polar surface area (TPSA) is 71.4 Å². The van der Waals surface area contributed by atoms with Gasteiger partial charge >= 0.3 is 0 Å². The summed E-state index contributed by atoms with van der Waals surface area (Å²) in [5, 5.41) is 0. The molecule has 4 nitrogen and oxygen atoms in total. The van der Waals surface area contributed by atoms with Crippen molar-refractivity contribution >= 4 is 15.9 Å². The molecular weight excluding hydrogens is 168 g/mol. The first-order valence-electron chi connectivity index (χ1n) is 3.42. The van der Waals surface area contributed by atoms with Crippen LogP contribution in [0.2, 0.25) is 0 Å². The number of rotatable bonds is 5. The van der Waals surface area contributed by atoms with Crippen molar-refractivity contribution in [3.05, 3.63) is 0 Å². The zero-order chi connectivity index (χ0) is 8.91. The molecule has 0 saturated carbocycles. The average Bonchev–Trinajstić information content (AvgIpc) is 1.79. The molecule has 66 valence electrons. The summed E-state index contributed by atoms with van der Waals surface area (Å²) in [6, 6.07) is 0. The molecule has 0 aliphatic heterocycles. The predicted molar refractivity (Wildman–Crippen MR) is 40.9 cm³/mol. The Hall–Kier alpha value is -0.420. The molecule has 0 heterocycles. The Morgan fingerprint density at radius 3 is 2.36 bits per heavy atom. The van der Waals surface area contributed by atoms with Gasteiger partial charge in [-0.25, -0.2) is 0 Å². The number of carbonyl (C=O) groups is 1. The van der Waals surface area contributed by atoms with Crippen LogP contribution >= 0.6 is 0 Å². The molecule has 0 rings (SSSR count). The van der Waals surface area contributed by atoms with Gasteiger partial charge in [0.1, 0.15) is 11.5 Å². The van der Waals surface area contributed by atoms with Gasteiger partial charge in [-0.3, -0.25) is 9.35 Å². The van der Waals surface area contributed by atoms with E-state index < -0.39 is 21.7 Å². The van der Waals surface area contributed by atoms with Gasteiger partial charge in [0.15, 0.2) is 0 Å². The number of carbonyl (C=O) groups excluding carboxylic acids is 1. The zero-order valence-electron chi connectivity index (χ0n) is 6.41. The van der Waals surface area contributed by atoms with Gasteiger partial charge < -0.3 is 0 Å². The lowest BCUT2D eigenvalue weighted by atomic mass is 10.2. The van der Waals surface area contributed by atoms with Gasteiger partial charge in [0.05, 0.1) is 0 Å². The van der Waals surface area contributed by atoms with Gasteiger partial charge in [-0.05, 0) is 6.42 Å². The van der Waals surface area contributed by atoms with Crippen LogP contribution in [0.25, 0.3) is 0 Å². The second-order valence-corrected chi connectivity index (χ2v) is 3.82. The monoisotopic (exact) mass is 180 g/mol. The molecule has 0 aromatic carbocycles. The quantitative estimate of drug-likeness (QED) is 0.630. The molecule has 0 spiro atoms. The van der Waals surface area contributed by atoms with Crippen molar-refractivity contribution in [2.45, 2.75) is 26.2 Å². The number of ketones is 1. The van der Waals surface area contributed by atoms with Crippen LogP contribution in [0.4, 0.5) is 0 Å². The summed E-state index contributed by atoms with van der Waals surface area (Å²) in [6.07, 6.45) is 1.75. The predicted octanol–water partition coefficient (Wildman–Crippen LogP) is 0.633. The van der Waals surface area contributed by atoms with E-state index in [1.807, 2.05) is 6.92 Å². The van der Waals surface area contributed by atoms with Crippen LogP contribution < -0.4 is 0 Å². The third-order valence-electron chi connectivity index (χ3n) is 1.15. The Balaban J connectivity index is 3.71. The fourth-order valence-electron chi connectivity index (χ4n) is 0.650. The summed E-state index contributed by atoms with van der Waals surface area (Å²) < 4.78 is 28.5. The Bertz CT molecular complexity index is 217. The van der Waals surface area contributed by atoms with E-state index in [0.717, 1.165) is 6.42 Å². The van der Waals surface area contributed by atoms with E-state index in [2.05, 4.69) is 0 Å². The molecule has 0 aromatic heterocycles. The average molecular weight is 180 g/mol. The van der Waals surface area contributed by atoms with Crippen molar-refractivity contribution in [3.8, 4) is 0 Å². The Kier molecular flexibility index (Phi) is 4.29. The van der Waals surface area contributed by atoms with E-state index in [1.165, 1.54) is 0 Å². The standard InChI is InChI=1S/C6H12O4S/c1-2-3-4-6(7)5-11(8,9)10/h2-5H2,1H3,(H,8,9,10). The van der Waals surface area contributed by atoms with Crippen LogP contribution in [0.5, 0.6) is 0 Å². The smallest absolute Gasteiger partial charge is 0.272 e. The molecule has 11 heavy (non-hydrogen) atoms. The van der Waals surface area contributed by atoms with Crippen molar-refractivity contribution in [2.75, 3.05) is 5.75 Å². The molecule has 0 aliphatic carbocycles. The largest absolute Gasteiger partial charge is 0.298 e. The van der Waals surface area contributed by atoms with Crippen molar-refractivity contribution in [2.24, 2.45) is 0 Å². The Labute approximate surface area is 66.4 Å². The lowest BCUT2D eigenvalue weighted by Gasteiger charge is -1.95. The first-order valence-corrected chi connectivity index (χ1v) is 5.03. The molecule has 0 aromatic rings. The second kappa shape index (κ2) is 4.46. The van der Waals surface area contributed by atoms with Gasteiger partial charge in [-0.1, -0.05) is 13.3 Å². The van der Waals surface area contributed by atoms with Gasteiger partial charge in [-0.15, -0.1) is 0 Å². The Morgan fingerprint density at radius 1 is 1.45 bits per heavy atom. The SMILES string of the molecule is CCCCC(=O)CS(=O)(=O)O. The molecule has 0 bridgehead atoms. The van der Waals surface area contributed by atoms with Crippen LogP contribution in [0.1, 0.15) is 26.2 Å². The maximum atomic E-state index is 10.7. The molecule has 0 unspecified atom stereocenters. The van der Waals surface area contributed by atoms with E-state index in [1.54, 1.807) is 0 Å². The normalized spacial score (nSPS) is 11.5. The minimum Gasteiger partial charge on any atom is -0.298 e. The molecule has 5 heteroatoms. The summed E-state index contributed by atoms with van der Waals surface area (Å²) in [5.41, 5.74) is 0. The van der Waals surface area contributed by atoms with E-state index in [-0.39, 0.29) is 6.42 Å². The second-order valence-electron chi connectivity index (χ2n) is 2.37. The van der Waals surface area contributed by atoms with Crippen molar-refractivity contribution in [3.63, 3.8) is 0 Å². The van der Waals surface area contributed by atoms with E-state index in [9.17, 15) is 13.2 Å².